The van der Waals surface area contributed by atoms with E-state index in [2.05, 4.69) is 15.6 Å². The molecule has 0 radical (unpaired) electrons. The lowest BCUT2D eigenvalue weighted by Gasteiger charge is -2.08. The van der Waals surface area contributed by atoms with E-state index in [1.165, 1.54) is 0 Å². The van der Waals surface area contributed by atoms with Gasteiger partial charge in [0.25, 0.3) is 0 Å². The molecule has 2 aromatic carbocycles. The topological polar surface area (TPSA) is 58.4 Å². The highest BCUT2D eigenvalue weighted by Crippen LogP contribution is 2.21. The summed E-state index contributed by atoms with van der Waals surface area (Å²) in [5.41, 5.74) is 4.27. The number of carbonyl (C=O) groups excluding carboxylic acids is 1. The van der Waals surface area contributed by atoms with Gasteiger partial charge < -0.3 is 15.0 Å². The molecule has 0 saturated heterocycles. The normalized spacial score (nSPS) is 10.6. The third kappa shape index (κ3) is 3.35. The van der Waals surface area contributed by atoms with Gasteiger partial charge >= 0.3 is 6.03 Å². The van der Waals surface area contributed by atoms with Gasteiger partial charge in [-0.3, -0.25) is 0 Å². The summed E-state index contributed by atoms with van der Waals surface area (Å²) in [5.74, 6) is 0. The number of amides is 2. The van der Waals surface area contributed by atoms with Gasteiger partial charge in [0.15, 0.2) is 0 Å². The van der Waals surface area contributed by atoms with Crippen LogP contribution in [-0.2, 0) is 0 Å². The van der Waals surface area contributed by atoms with Gasteiger partial charge in [0.2, 0.25) is 0 Å². The van der Waals surface area contributed by atoms with Crippen molar-refractivity contribution in [1.29, 1.82) is 0 Å². The second kappa shape index (κ2) is 6.49. The molecule has 122 valence electrons. The highest BCUT2D eigenvalue weighted by molar-refractivity contribution is 5.99. The fourth-order valence-electron chi connectivity index (χ4n) is 2.61. The Morgan fingerprint density at radius 2 is 1.48 bits per heavy atom. The van der Waals surface area contributed by atoms with Crippen LogP contribution in [0.25, 0.3) is 16.9 Å². The maximum Gasteiger partial charge on any atom is 0.323 e. The van der Waals surface area contributed by atoms with Gasteiger partial charge in [0.05, 0.1) is 5.69 Å². The molecule has 5 nitrogen and oxygen atoms in total. The minimum Gasteiger partial charge on any atom is -0.308 e. The van der Waals surface area contributed by atoms with Gasteiger partial charge in [-0.15, -0.1) is 0 Å². The molecular formula is C20H16N4O. The number of hydrogen-bond acceptors (Lipinski definition) is 2. The van der Waals surface area contributed by atoms with Gasteiger partial charge in [-0.1, -0.05) is 36.4 Å². The Bertz CT molecular complexity index is 974. The van der Waals surface area contributed by atoms with E-state index in [-0.39, 0.29) is 6.03 Å². The average molecular weight is 328 g/mol. The number of rotatable bonds is 3. The molecule has 0 aliphatic carbocycles. The number of benzene rings is 2. The van der Waals surface area contributed by atoms with Crippen molar-refractivity contribution in [2.24, 2.45) is 0 Å². The standard InChI is InChI=1S/C20H16N4O/c25-20(21-16-6-2-1-3-7-16)22-17-11-9-15(10-12-17)18-14-24-13-5-4-8-19(24)23-18/h1-14H,(H2,21,22,25). The summed E-state index contributed by atoms with van der Waals surface area (Å²) in [6, 6.07) is 22.6. The quantitative estimate of drug-likeness (QED) is 0.575. The first-order chi connectivity index (χ1) is 12.3. The first kappa shape index (κ1) is 15.0. The molecule has 0 spiro atoms. The van der Waals surface area contributed by atoms with Crippen molar-refractivity contribution in [3.8, 4) is 11.3 Å². The number of carbonyl (C=O) groups is 1. The molecule has 2 amide bonds. The third-order valence-corrected chi connectivity index (χ3v) is 3.83. The van der Waals surface area contributed by atoms with E-state index >= 15 is 0 Å². The van der Waals surface area contributed by atoms with Gasteiger partial charge in [-0.2, -0.15) is 0 Å². The van der Waals surface area contributed by atoms with E-state index in [1.54, 1.807) is 0 Å². The Labute approximate surface area is 145 Å². The zero-order chi connectivity index (χ0) is 17.1. The zero-order valence-electron chi connectivity index (χ0n) is 13.4. The number of imidazole rings is 1. The van der Waals surface area contributed by atoms with Crippen molar-refractivity contribution < 1.29 is 4.79 Å². The molecule has 0 unspecified atom stereocenters. The average Bonchev–Trinajstić information content (AvgIpc) is 3.07. The number of para-hydroxylation sites is 1. The predicted octanol–water partition coefficient (Wildman–Crippen LogP) is 4.65. The summed E-state index contributed by atoms with van der Waals surface area (Å²) in [4.78, 5) is 16.6. The first-order valence-corrected chi connectivity index (χ1v) is 7.95. The van der Waals surface area contributed by atoms with E-state index in [0.717, 1.165) is 28.3 Å². The van der Waals surface area contributed by atoms with Crippen molar-refractivity contribution in [2.75, 3.05) is 10.6 Å². The first-order valence-electron chi connectivity index (χ1n) is 7.95. The van der Waals surface area contributed by atoms with E-state index in [1.807, 2.05) is 89.6 Å². The Balaban J connectivity index is 1.47. The van der Waals surface area contributed by atoms with E-state index in [0.29, 0.717) is 0 Å². The summed E-state index contributed by atoms with van der Waals surface area (Å²) >= 11 is 0. The molecule has 4 rings (SSSR count). The molecule has 2 N–H and O–H groups in total. The van der Waals surface area contributed by atoms with Gasteiger partial charge in [0, 0.05) is 29.3 Å². The van der Waals surface area contributed by atoms with Crippen LogP contribution in [0.15, 0.2) is 85.2 Å². The SMILES string of the molecule is O=C(Nc1ccccc1)Nc1ccc(-c2cn3ccccc3n2)cc1. The number of hydrogen-bond donors (Lipinski definition) is 2. The van der Waals surface area contributed by atoms with Crippen molar-refractivity contribution in [3.05, 3.63) is 85.2 Å². The lowest BCUT2D eigenvalue weighted by molar-refractivity contribution is 0.262. The molecule has 0 aliphatic rings. The molecule has 0 bridgehead atoms. The van der Waals surface area contributed by atoms with Crippen molar-refractivity contribution in [3.63, 3.8) is 0 Å². The second-order valence-electron chi connectivity index (χ2n) is 5.61. The minimum absolute atomic E-state index is 0.272. The molecule has 0 fully saturated rings. The van der Waals surface area contributed by atoms with E-state index in [9.17, 15) is 4.79 Å². The highest BCUT2D eigenvalue weighted by Gasteiger charge is 2.06. The second-order valence-corrected chi connectivity index (χ2v) is 5.61. The summed E-state index contributed by atoms with van der Waals surface area (Å²) in [6.07, 6.45) is 3.95. The Morgan fingerprint density at radius 1 is 0.800 bits per heavy atom. The highest BCUT2D eigenvalue weighted by atomic mass is 16.2. The van der Waals surface area contributed by atoms with Crippen LogP contribution in [0.1, 0.15) is 0 Å². The van der Waals surface area contributed by atoms with Crippen molar-refractivity contribution >= 4 is 23.1 Å². The molecule has 25 heavy (non-hydrogen) atoms. The largest absolute Gasteiger partial charge is 0.323 e. The number of fused-ring (bicyclic) bond motifs is 1. The lowest BCUT2D eigenvalue weighted by atomic mass is 10.1. The smallest absolute Gasteiger partial charge is 0.308 e. The molecule has 0 atom stereocenters. The van der Waals surface area contributed by atoms with Crippen LogP contribution in [0.5, 0.6) is 0 Å². The zero-order valence-corrected chi connectivity index (χ0v) is 13.4. The Hall–Kier alpha value is -3.60. The molecule has 0 saturated carbocycles. The summed E-state index contributed by atoms with van der Waals surface area (Å²) in [7, 11) is 0. The van der Waals surface area contributed by atoms with Crippen LogP contribution in [0.3, 0.4) is 0 Å². The summed E-state index contributed by atoms with van der Waals surface area (Å²) in [5, 5.41) is 5.61. The van der Waals surface area contributed by atoms with Crippen molar-refractivity contribution in [2.45, 2.75) is 0 Å². The molecule has 2 aromatic heterocycles. The maximum absolute atomic E-state index is 12.0. The maximum atomic E-state index is 12.0. The Kier molecular flexibility index (Phi) is 3.88. The Morgan fingerprint density at radius 3 is 2.20 bits per heavy atom. The van der Waals surface area contributed by atoms with Crippen molar-refractivity contribution in [1.82, 2.24) is 9.38 Å². The number of anilines is 2. The van der Waals surface area contributed by atoms with E-state index in [4.69, 9.17) is 0 Å². The molecule has 4 aromatic rings. The van der Waals surface area contributed by atoms with Crippen LogP contribution in [0, 0.1) is 0 Å². The number of pyridine rings is 1. The minimum atomic E-state index is -0.272. The predicted molar refractivity (Wildman–Crippen MR) is 99.7 cm³/mol. The van der Waals surface area contributed by atoms with Crippen LogP contribution in [0.2, 0.25) is 0 Å². The van der Waals surface area contributed by atoms with Crippen LogP contribution in [-0.4, -0.2) is 15.4 Å². The monoisotopic (exact) mass is 328 g/mol. The molecule has 5 heteroatoms. The third-order valence-electron chi connectivity index (χ3n) is 3.83. The molecule has 2 heterocycles. The molecule has 0 aliphatic heterocycles. The number of nitrogens with zero attached hydrogens (tertiary/aromatic N) is 2. The fraction of sp³-hybridized carbons (Fsp3) is 0. The van der Waals surface area contributed by atoms with Crippen LogP contribution in [0.4, 0.5) is 16.2 Å². The number of nitrogens with one attached hydrogen (secondary N) is 2. The molecular weight excluding hydrogens is 312 g/mol. The van der Waals surface area contributed by atoms with Crippen LogP contribution >= 0.6 is 0 Å². The van der Waals surface area contributed by atoms with Gasteiger partial charge in [0.1, 0.15) is 5.65 Å². The number of urea groups is 1. The van der Waals surface area contributed by atoms with Crippen LogP contribution < -0.4 is 10.6 Å². The summed E-state index contributed by atoms with van der Waals surface area (Å²) in [6.45, 7) is 0. The lowest BCUT2D eigenvalue weighted by Crippen LogP contribution is -2.19. The fourth-order valence-corrected chi connectivity index (χ4v) is 2.61. The number of aromatic nitrogens is 2. The van der Waals surface area contributed by atoms with Gasteiger partial charge in [-0.05, 0) is 36.4 Å². The summed E-state index contributed by atoms with van der Waals surface area (Å²) < 4.78 is 1.98. The van der Waals surface area contributed by atoms with E-state index < -0.39 is 0 Å². The van der Waals surface area contributed by atoms with Gasteiger partial charge in [-0.25, -0.2) is 9.78 Å².